The number of hydrogen-bond acceptors (Lipinski definition) is 3. The molecule has 0 spiro atoms. The molecule has 1 amide bonds. The second-order valence-corrected chi connectivity index (χ2v) is 3.82. The van der Waals surface area contributed by atoms with Crippen molar-refractivity contribution in [3.8, 4) is 0 Å². The van der Waals surface area contributed by atoms with E-state index >= 15 is 0 Å². The number of hydrogen-bond donors (Lipinski definition) is 3. The van der Waals surface area contributed by atoms with Crippen LogP contribution in [0.4, 0.5) is 8.78 Å². The predicted molar refractivity (Wildman–Crippen MR) is 52.8 cm³/mol. The van der Waals surface area contributed by atoms with Crippen LogP contribution in [0, 0.1) is 5.92 Å². The summed E-state index contributed by atoms with van der Waals surface area (Å²) in [6, 6.07) is 0. The highest BCUT2D eigenvalue weighted by Crippen LogP contribution is 2.09. The van der Waals surface area contributed by atoms with Crippen LogP contribution in [0.25, 0.3) is 0 Å². The smallest absolute Gasteiger partial charge is 0.282 e. The van der Waals surface area contributed by atoms with Gasteiger partial charge in [0.05, 0.1) is 13.1 Å². The van der Waals surface area contributed by atoms with E-state index in [1.54, 1.807) is 0 Å². The standard InChI is InChI=1S/C9H18F2N2O2/c1-7(2)3-13-8(15)4-12-5-9(10,11)6-14/h7,12,14H,3-6H2,1-2H3,(H,13,15). The molecule has 0 saturated carbocycles. The maximum atomic E-state index is 12.5. The summed E-state index contributed by atoms with van der Waals surface area (Å²) in [4.78, 5) is 11.0. The molecule has 6 heteroatoms. The molecule has 0 aliphatic heterocycles. The van der Waals surface area contributed by atoms with E-state index < -0.39 is 19.1 Å². The van der Waals surface area contributed by atoms with Gasteiger partial charge < -0.3 is 15.7 Å². The van der Waals surface area contributed by atoms with E-state index in [9.17, 15) is 13.6 Å². The lowest BCUT2D eigenvalue weighted by molar-refractivity contribution is -0.120. The minimum absolute atomic E-state index is 0.164. The maximum absolute atomic E-state index is 12.5. The van der Waals surface area contributed by atoms with Crippen molar-refractivity contribution in [2.75, 3.05) is 26.2 Å². The Hall–Kier alpha value is -0.750. The minimum atomic E-state index is -3.17. The van der Waals surface area contributed by atoms with E-state index in [1.165, 1.54) is 0 Å². The van der Waals surface area contributed by atoms with Crippen molar-refractivity contribution >= 4 is 5.91 Å². The Morgan fingerprint density at radius 2 is 2.07 bits per heavy atom. The van der Waals surface area contributed by atoms with Crippen molar-refractivity contribution in [1.29, 1.82) is 0 Å². The zero-order valence-electron chi connectivity index (χ0n) is 9.02. The lowest BCUT2D eigenvalue weighted by atomic mass is 10.2. The molecule has 0 aliphatic rings. The highest BCUT2D eigenvalue weighted by atomic mass is 19.3. The zero-order chi connectivity index (χ0) is 11.9. The molecule has 15 heavy (non-hydrogen) atoms. The molecule has 0 aromatic rings. The first-order chi connectivity index (χ1) is 6.87. The molecule has 4 nitrogen and oxygen atoms in total. The molecule has 0 heterocycles. The predicted octanol–water partition coefficient (Wildman–Crippen LogP) is -0.0242. The molecule has 0 rings (SSSR count). The normalized spacial score (nSPS) is 11.9. The van der Waals surface area contributed by atoms with Crippen molar-refractivity contribution in [1.82, 2.24) is 10.6 Å². The van der Waals surface area contributed by atoms with Crippen molar-refractivity contribution in [3.05, 3.63) is 0 Å². The Kier molecular flexibility index (Phi) is 6.35. The third-order valence-corrected chi connectivity index (χ3v) is 1.61. The average Bonchev–Trinajstić information content (AvgIpc) is 2.14. The quantitative estimate of drug-likeness (QED) is 0.569. The van der Waals surface area contributed by atoms with Gasteiger partial charge in [-0.25, -0.2) is 8.78 Å². The van der Waals surface area contributed by atoms with Crippen LogP contribution in [0.2, 0.25) is 0 Å². The van der Waals surface area contributed by atoms with Gasteiger partial charge in [-0.1, -0.05) is 13.8 Å². The van der Waals surface area contributed by atoms with Gasteiger partial charge in [0.2, 0.25) is 5.91 Å². The highest BCUT2D eigenvalue weighted by Gasteiger charge is 2.26. The van der Waals surface area contributed by atoms with Gasteiger partial charge in [-0.3, -0.25) is 4.79 Å². The molecule has 0 aliphatic carbocycles. The Balaban J connectivity index is 3.55. The van der Waals surface area contributed by atoms with Gasteiger partial charge in [0.15, 0.2) is 0 Å². The van der Waals surface area contributed by atoms with Gasteiger partial charge >= 0.3 is 0 Å². The van der Waals surface area contributed by atoms with Crippen LogP contribution in [0.3, 0.4) is 0 Å². The van der Waals surface area contributed by atoms with Gasteiger partial charge in [0.1, 0.15) is 6.61 Å². The van der Waals surface area contributed by atoms with Crippen LogP contribution in [0.1, 0.15) is 13.8 Å². The summed E-state index contributed by atoms with van der Waals surface area (Å²) in [5.41, 5.74) is 0. The topological polar surface area (TPSA) is 61.4 Å². The van der Waals surface area contributed by atoms with Gasteiger partial charge in [-0.2, -0.15) is 0 Å². The first-order valence-electron chi connectivity index (χ1n) is 4.83. The summed E-state index contributed by atoms with van der Waals surface area (Å²) < 4.78 is 24.9. The van der Waals surface area contributed by atoms with Gasteiger partial charge in [-0.05, 0) is 5.92 Å². The fraction of sp³-hybridized carbons (Fsp3) is 0.889. The summed E-state index contributed by atoms with van der Waals surface area (Å²) in [5, 5.41) is 13.1. The molecule has 0 bridgehead atoms. The Bertz CT molecular complexity index is 199. The van der Waals surface area contributed by atoms with E-state index in [-0.39, 0.29) is 12.5 Å². The Morgan fingerprint density at radius 3 is 2.53 bits per heavy atom. The Labute approximate surface area is 88.0 Å². The highest BCUT2D eigenvalue weighted by molar-refractivity contribution is 5.77. The number of nitrogens with one attached hydrogen (secondary N) is 2. The molecule has 0 fully saturated rings. The monoisotopic (exact) mass is 224 g/mol. The molecule has 0 atom stereocenters. The molecule has 0 unspecified atom stereocenters. The van der Waals surface area contributed by atoms with Crippen LogP contribution >= 0.6 is 0 Å². The molecule has 0 aromatic carbocycles. The van der Waals surface area contributed by atoms with Crippen LogP contribution < -0.4 is 10.6 Å². The number of carbonyl (C=O) groups excluding carboxylic acids is 1. The summed E-state index contributed by atoms with van der Waals surface area (Å²) in [5.74, 6) is -3.16. The number of aliphatic hydroxyl groups excluding tert-OH is 1. The summed E-state index contributed by atoms with van der Waals surface area (Å²) >= 11 is 0. The fourth-order valence-corrected chi connectivity index (χ4v) is 0.795. The maximum Gasteiger partial charge on any atom is 0.282 e. The van der Waals surface area contributed by atoms with Crippen LogP contribution in [-0.2, 0) is 4.79 Å². The van der Waals surface area contributed by atoms with E-state index in [1.807, 2.05) is 13.8 Å². The molecule has 3 N–H and O–H groups in total. The molecule has 0 saturated heterocycles. The number of rotatable bonds is 7. The van der Waals surface area contributed by atoms with Gasteiger partial charge in [0, 0.05) is 6.54 Å². The van der Waals surface area contributed by atoms with E-state index in [0.717, 1.165) is 0 Å². The number of aliphatic hydroxyl groups is 1. The first-order valence-corrected chi connectivity index (χ1v) is 4.83. The fourth-order valence-electron chi connectivity index (χ4n) is 0.795. The third-order valence-electron chi connectivity index (χ3n) is 1.61. The summed E-state index contributed by atoms with van der Waals surface area (Å²) in [6.07, 6.45) is 0. The molecular formula is C9H18F2N2O2. The molecule has 0 radical (unpaired) electrons. The second kappa shape index (κ2) is 6.68. The van der Waals surface area contributed by atoms with Crippen LogP contribution in [0.15, 0.2) is 0 Å². The summed E-state index contributed by atoms with van der Waals surface area (Å²) in [6.45, 7) is 2.33. The molecule has 90 valence electrons. The van der Waals surface area contributed by atoms with E-state index in [4.69, 9.17) is 5.11 Å². The third kappa shape index (κ3) is 8.26. The largest absolute Gasteiger partial charge is 0.390 e. The molecular weight excluding hydrogens is 206 g/mol. The van der Waals surface area contributed by atoms with Gasteiger partial charge in [-0.15, -0.1) is 0 Å². The number of amides is 1. The van der Waals surface area contributed by atoms with Crippen molar-refractivity contribution in [2.24, 2.45) is 5.92 Å². The van der Waals surface area contributed by atoms with Crippen molar-refractivity contribution < 1.29 is 18.7 Å². The number of alkyl halides is 2. The number of carbonyl (C=O) groups is 1. The van der Waals surface area contributed by atoms with Crippen molar-refractivity contribution in [3.63, 3.8) is 0 Å². The van der Waals surface area contributed by atoms with Crippen LogP contribution in [0.5, 0.6) is 0 Å². The average molecular weight is 224 g/mol. The lowest BCUT2D eigenvalue weighted by Crippen LogP contribution is -2.42. The molecule has 0 aromatic heterocycles. The zero-order valence-corrected chi connectivity index (χ0v) is 9.02. The first kappa shape index (κ1) is 14.2. The van der Waals surface area contributed by atoms with Crippen molar-refractivity contribution in [2.45, 2.75) is 19.8 Å². The van der Waals surface area contributed by atoms with Crippen LogP contribution in [-0.4, -0.2) is 43.2 Å². The van der Waals surface area contributed by atoms with E-state index in [2.05, 4.69) is 10.6 Å². The van der Waals surface area contributed by atoms with Gasteiger partial charge in [0.25, 0.3) is 5.92 Å². The lowest BCUT2D eigenvalue weighted by Gasteiger charge is -2.14. The second-order valence-electron chi connectivity index (χ2n) is 3.82. The Morgan fingerprint density at radius 1 is 1.47 bits per heavy atom. The number of halogens is 2. The van der Waals surface area contributed by atoms with E-state index in [0.29, 0.717) is 12.5 Å². The SMILES string of the molecule is CC(C)CNC(=O)CNCC(F)(F)CO. The minimum Gasteiger partial charge on any atom is -0.390 e. The summed E-state index contributed by atoms with van der Waals surface area (Å²) in [7, 11) is 0.